The summed E-state index contributed by atoms with van der Waals surface area (Å²) < 4.78 is 10.2. The molecule has 0 bridgehead atoms. The van der Waals surface area contributed by atoms with Crippen molar-refractivity contribution in [2.45, 2.75) is 6.54 Å². The van der Waals surface area contributed by atoms with Gasteiger partial charge >= 0.3 is 0 Å². The Morgan fingerprint density at radius 2 is 1.89 bits per heavy atom. The lowest BCUT2D eigenvalue weighted by Crippen LogP contribution is -2.31. The maximum Gasteiger partial charge on any atom is 0.147 e. The topological polar surface area (TPSA) is 60.6 Å². The van der Waals surface area contributed by atoms with Gasteiger partial charge in [0.2, 0.25) is 0 Å². The quantitative estimate of drug-likeness (QED) is 0.773. The molecule has 0 spiro atoms. The molecule has 1 aromatic rings. The Morgan fingerprint density at radius 1 is 1.28 bits per heavy atom. The lowest BCUT2D eigenvalue weighted by Gasteiger charge is -2.24. The molecular formula is C12H20ClN3O2. The van der Waals surface area contributed by atoms with Crippen LogP contribution in [-0.4, -0.2) is 45.5 Å². The van der Waals surface area contributed by atoms with Gasteiger partial charge in [-0.3, -0.25) is 0 Å². The van der Waals surface area contributed by atoms with E-state index < -0.39 is 0 Å². The molecule has 0 aliphatic heterocycles. The van der Waals surface area contributed by atoms with Crippen molar-refractivity contribution in [2.24, 2.45) is 5.73 Å². The molecule has 0 amide bonds. The average Bonchev–Trinajstić information content (AvgIpc) is 2.40. The van der Waals surface area contributed by atoms with Crippen LogP contribution in [0.3, 0.4) is 0 Å². The van der Waals surface area contributed by atoms with Crippen LogP contribution < -0.4 is 10.6 Å². The molecule has 6 heteroatoms. The second kappa shape index (κ2) is 8.26. The zero-order chi connectivity index (χ0) is 13.4. The summed E-state index contributed by atoms with van der Waals surface area (Å²) in [6.07, 6.45) is 1.72. The highest BCUT2D eigenvalue weighted by Gasteiger charge is 2.13. The van der Waals surface area contributed by atoms with E-state index >= 15 is 0 Å². The highest BCUT2D eigenvalue weighted by Crippen LogP contribution is 2.26. The van der Waals surface area contributed by atoms with Gasteiger partial charge in [-0.1, -0.05) is 11.6 Å². The van der Waals surface area contributed by atoms with Gasteiger partial charge in [-0.25, -0.2) is 4.98 Å². The van der Waals surface area contributed by atoms with Gasteiger partial charge < -0.3 is 20.1 Å². The van der Waals surface area contributed by atoms with Crippen molar-refractivity contribution >= 4 is 17.4 Å². The molecule has 5 nitrogen and oxygen atoms in total. The van der Waals surface area contributed by atoms with E-state index in [0.29, 0.717) is 37.9 Å². The molecule has 1 rings (SSSR count). The Morgan fingerprint density at radius 3 is 2.39 bits per heavy atom. The van der Waals surface area contributed by atoms with Crippen molar-refractivity contribution in [1.29, 1.82) is 0 Å². The first-order valence-electron chi connectivity index (χ1n) is 5.80. The van der Waals surface area contributed by atoms with Crippen LogP contribution in [0.1, 0.15) is 5.56 Å². The summed E-state index contributed by atoms with van der Waals surface area (Å²) in [5.41, 5.74) is 6.53. The van der Waals surface area contributed by atoms with Crippen LogP contribution in [0.2, 0.25) is 5.02 Å². The molecule has 0 aromatic carbocycles. The Labute approximate surface area is 113 Å². The van der Waals surface area contributed by atoms with Crippen LogP contribution in [0.15, 0.2) is 12.3 Å². The molecular weight excluding hydrogens is 254 g/mol. The van der Waals surface area contributed by atoms with E-state index in [1.165, 1.54) is 0 Å². The SMILES string of the molecule is COCCN(CCOC)c1nccc(CN)c1Cl. The first-order chi connectivity index (χ1) is 8.74. The predicted molar refractivity (Wildman–Crippen MR) is 73.1 cm³/mol. The average molecular weight is 274 g/mol. The fraction of sp³-hybridized carbons (Fsp3) is 0.583. The van der Waals surface area contributed by atoms with Crippen LogP contribution in [0.4, 0.5) is 5.82 Å². The summed E-state index contributed by atoms with van der Waals surface area (Å²) in [6, 6.07) is 1.83. The van der Waals surface area contributed by atoms with Crippen molar-refractivity contribution in [3.63, 3.8) is 0 Å². The van der Waals surface area contributed by atoms with Gasteiger partial charge in [0.1, 0.15) is 5.82 Å². The van der Waals surface area contributed by atoms with E-state index in [1.54, 1.807) is 20.4 Å². The smallest absolute Gasteiger partial charge is 0.147 e. The fourth-order valence-corrected chi connectivity index (χ4v) is 1.88. The number of hydrogen-bond acceptors (Lipinski definition) is 5. The second-order valence-corrected chi connectivity index (χ2v) is 4.16. The lowest BCUT2D eigenvalue weighted by atomic mass is 10.2. The van der Waals surface area contributed by atoms with Crippen LogP contribution in [0.25, 0.3) is 0 Å². The van der Waals surface area contributed by atoms with Crippen LogP contribution >= 0.6 is 11.6 Å². The molecule has 102 valence electrons. The third-order valence-corrected chi connectivity index (χ3v) is 3.01. The number of nitrogens with zero attached hydrogens (tertiary/aromatic N) is 2. The monoisotopic (exact) mass is 273 g/mol. The maximum absolute atomic E-state index is 6.30. The number of halogens is 1. The van der Waals surface area contributed by atoms with E-state index in [9.17, 15) is 0 Å². The number of rotatable bonds is 8. The van der Waals surface area contributed by atoms with Crippen molar-refractivity contribution in [2.75, 3.05) is 45.4 Å². The van der Waals surface area contributed by atoms with E-state index in [4.69, 9.17) is 26.8 Å². The molecule has 0 radical (unpaired) electrons. The first-order valence-corrected chi connectivity index (χ1v) is 6.18. The molecule has 0 aliphatic rings. The van der Waals surface area contributed by atoms with E-state index in [0.717, 1.165) is 11.4 Å². The summed E-state index contributed by atoms with van der Waals surface area (Å²) in [6.45, 7) is 3.03. The van der Waals surface area contributed by atoms with Crippen molar-refractivity contribution in [3.05, 3.63) is 22.8 Å². The summed E-state index contributed by atoms with van der Waals surface area (Å²) >= 11 is 6.30. The minimum absolute atomic E-state index is 0.400. The number of aromatic nitrogens is 1. The third kappa shape index (κ3) is 4.10. The van der Waals surface area contributed by atoms with Crippen LogP contribution in [-0.2, 0) is 16.0 Å². The lowest BCUT2D eigenvalue weighted by molar-refractivity contribution is 0.190. The number of pyridine rings is 1. The van der Waals surface area contributed by atoms with Gasteiger partial charge in [0.25, 0.3) is 0 Å². The summed E-state index contributed by atoms with van der Waals surface area (Å²) in [4.78, 5) is 6.36. The van der Waals surface area contributed by atoms with Gasteiger partial charge in [-0.15, -0.1) is 0 Å². The third-order valence-electron chi connectivity index (χ3n) is 2.60. The first kappa shape index (κ1) is 15.2. The van der Waals surface area contributed by atoms with Gasteiger partial charge in [0, 0.05) is 40.1 Å². The van der Waals surface area contributed by atoms with Crippen LogP contribution in [0.5, 0.6) is 0 Å². The Bertz CT molecular complexity index is 355. The Balaban J connectivity index is 2.88. The summed E-state index contributed by atoms with van der Waals surface area (Å²) in [5, 5.41) is 0.604. The van der Waals surface area contributed by atoms with Gasteiger partial charge in [0.15, 0.2) is 0 Å². The summed E-state index contributed by atoms with van der Waals surface area (Å²) in [7, 11) is 3.33. The molecule has 0 saturated heterocycles. The number of hydrogen-bond donors (Lipinski definition) is 1. The fourth-order valence-electron chi connectivity index (χ4n) is 1.58. The molecule has 1 aromatic heterocycles. The maximum atomic E-state index is 6.30. The van der Waals surface area contributed by atoms with Gasteiger partial charge in [-0.05, 0) is 11.6 Å². The highest BCUT2D eigenvalue weighted by molar-refractivity contribution is 6.33. The molecule has 0 aliphatic carbocycles. The normalized spacial score (nSPS) is 10.7. The number of anilines is 1. The highest BCUT2D eigenvalue weighted by atomic mass is 35.5. The minimum atomic E-state index is 0.400. The van der Waals surface area contributed by atoms with E-state index in [-0.39, 0.29) is 0 Å². The Kier molecular flexibility index (Phi) is 6.97. The summed E-state index contributed by atoms with van der Waals surface area (Å²) in [5.74, 6) is 0.730. The second-order valence-electron chi connectivity index (χ2n) is 3.78. The number of nitrogens with two attached hydrogens (primary N) is 1. The predicted octanol–water partition coefficient (Wildman–Crippen LogP) is 1.29. The van der Waals surface area contributed by atoms with E-state index in [2.05, 4.69) is 4.98 Å². The zero-order valence-corrected chi connectivity index (χ0v) is 11.6. The van der Waals surface area contributed by atoms with Gasteiger partial charge in [-0.2, -0.15) is 0 Å². The van der Waals surface area contributed by atoms with Crippen molar-refractivity contribution in [1.82, 2.24) is 4.98 Å². The zero-order valence-electron chi connectivity index (χ0n) is 10.9. The largest absolute Gasteiger partial charge is 0.383 e. The molecule has 0 saturated carbocycles. The van der Waals surface area contributed by atoms with Crippen molar-refractivity contribution < 1.29 is 9.47 Å². The number of ether oxygens (including phenoxy) is 2. The minimum Gasteiger partial charge on any atom is -0.383 e. The standard InChI is InChI=1S/C12H20ClN3O2/c1-17-7-5-16(6-8-18-2)12-11(13)10(9-14)3-4-15-12/h3-4H,5-9,14H2,1-2H3. The molecule has 2 N–H and O–H groups in total. The van der Waals surface area contributed by atoms with E-state index in [1.807, 2.05) is 11.0 Å². The molecule has 0 fully saturated rings. The molecule has 18 heavy (non-hydrogen) atoms. The number of methoxy groups -OCH3 is 2. The van der Waals surface area contributed by atoms with Crippen molar-refractivity contribution in [3.8, 4) is 0 Å². The Hall–Kier alpha value is -0.880. The molecule has 0 atom stereocenters. The molecule has 0 unspecified atom stereocenters. The molecule has 1 heterocycles. The van der Waals surface area contributed by atoms with Gasteiger partial charge in [0.05, 0.1) is 18.2 Å². The van der Waals surface area contributed by atoms with Crippen LogP contribution in [0, 0.1) is 0 Å².